The number of aliphatic imine (C=N–C) groups is 1. The molecule has 0 aliphatic carbocycles. The lowest BCUT2D eigenvalue weighted by atomic mass is 10.1. The van der Waals surface area contributed by atoms with Crippen LogP contribution < -0.4 is 10.6 Å². The van der Waals surface area contributed by atoms with Crippen LogP contribution in [0.15, 0.2) is 64.5 Å². The van der Waals surface area contributed by atoms with Crippen LogP contribution in [0.5, 0.6) is 0 Å². The van der Waals surface area contributed by atoms with Crippen LogP contribution in [0, 0.1) is 0 Å². The minimum absolute atomic E-state index is 0.0539. The molecule has 2 N–H and O–H groups in total. The second kappa shape index (κ2) is 12.4. The van der Waals surface area contributed by atoms with Crippen molar-refractivity contribution in [3.8, 4) is 0 Å². The maximum Gasteiger partial charge on any atom is 0.242 e. The van der Waals surface area contributed by atoms with Gasteiger partial charge in [-0.3, -0.25) is 0 Å². The van der Waals surface area contributed by atoms with Gasteiger partial charge in [-0.25, -0.2) is 17.7 Å². The molecule has 0 aliphatic heterocycles. The number of benzene rings is 2. The van der Waals surface area contributed by atoms with Crippen molar-refractivity contribution < 1.29 is 13.2 Å². The van der Waals surface area contributed by atoms with Gasteiger partial charge in [-0.1, -0.05) is 48.5 Å². The second-order valence-electron chi connectivity index (χ2n) is 7.29. The van der Waals surface area contributed by atoms with Crippen LogP contribution in [0.25, 0.3) is 0 Å². The average Bonchev–Trinajstić information content (AvgIpc) is 2.77. The van der Waals surface area contributed by atoms with Gasteiger partial charge in [-0.15, -0.1) is 0 Å². The Balaban J connectivity index is 1.90. The van der Waals surface area contributed by atoms with Gasteiger partial charge in [0.15, 0.2) is 5.96 Å². The van der Waals surface area contributed by atoms with Gasteiger partial charge in [0.25, 0.3) is 0 Å². The maximum atomic E-state index is 12.6. The van der Waals surface area contributed by atoms with E-state index in [2.05, 4.69) is 27.8 Å². The maximum absolute atomic E-state index is 12.6. The first-order valence-electron chi connectivity index (χ1n) is 10.6. The summed E-state index contributed by atoms with van der Waals surface area (Å²) < 4.78 is 32.2. The van der Waals surface area contributed by atoms with Gasteiger partial charge < -0.3 is 15.4 Å². The summed E-state index contributed by atoms with van der Waals surface area (Å²) in [5.41, 5.74) is 1.82. The first-order valence-corrected chi connectivity index (χ1v) is 12.0. The first kappa shape index (κ1) is 24.8. The third-order valence-electron chi connectivity index (χ3n) is 4.73. The molecule has 0 fully saturated rings. The van der Waals surface area contributed by atoms with Crippen molar-refractivity contribution in [2.45, 2.75) is 37.8 Å². The van der Waals surface area contributed by atoms with E-state index < -0.39 is 10.0 Å². The van der Waals surface area contributed by atoms with E-state index in [9.17, 15) is 8.42 Å². The highest BCUT2D eigenvalue weighted by Crippen LogP contribution is 2.19. The molecule has 0 aliphatic rings. The number of hydrogen-bond acceptors (Lipinski definition) is 4. The van der Waals surface area contributed by atoms with Crippen LogP contribution in [0.4, 0.5) is 0 Å². The summed E-state index contributed by atoms with van der Waals surface area (Å²) >= 11 is 0. The summed E-state index contributed by atoms with van der Waals surface area (Å²) in [6.45, 7) is 6.35. The number of rotatable bonds is 11. The highest BCUT2D eigenvalue weighted by atomic mass is 32.2. The van der Waals surface area contributed by atoms with Gasteiger partial charge in [-0.05, 0) is 37.5 Å². The molecule has 0 saturated carbocycles. The molecule has 0 saturated heterocycles. The van der Waals surface area contributed by atoms with Crippen molar-refractivity contribution in [1.82, 2.24) is 14.9 Å². The first-order chi connectivity index (χ1) is 14.9. The minimum atomic E-state index is -3.52. The summed E-state index contributed by atoms with van der Waals surface area (Å²) in [5.74, 6) is 0.649. The Bertz CT molecular complexity index is 931. The molecule has 0 spiro atoms. The summed E-state index contributed by atoms with van der Waals surface area (Å²) in [7, 11) is -0.457. The van der Waals surface area contributed by atoms with Crippen molar-refractivity contribution >= 4 is 16.0 Å². The molecule has 0 aromatic heterocycles. The lowest BCUT2D eigenvalue weighted by Gasteiger charge is -2.16. The topological polar surface area (TPSA) is 83.0 Å². The number of sulfonamides is 1. The number of guanidine groups is 1. The standard InChI is InChI=1S/C23H34N4O3S/c1-5-24-23(25-16-11-17-30-19(2)20-12-7-6-8-13-20)26-18-21-14-9-10-15-22(21)31(28,29)27(3)4/h6-10,12-15,19H,5,11,16-18H2,1-4H3,(H2,24,25,26). The van der Waals surface area contributed by atoms with Gasteiger partial charge in [0.2, 0.25) is 10.0 Å². The van der Waals surface area contributed by atoms with Crippen LogP contribution in [0.1, 0.15) is 37.5 Å². The lowest BCUT2D eigenvalue weighted by molar-refractivity contribution is 0.0646. The molecule has 170 valence electrons. The quantitative estimate of drug-likeness (QED) is 0.315. The SMILES string of the molecule is CCNC(=NCc1ccccc1S(=O)(=O)N(C)C)NCCCOC(C)c1ccccc1. The molecule has 0 bridgehead atoms. The van der Waals surface area contributed by atoms with Gasteiger partial charge in [-0.2, -0.15) is 0 Å². The molecule has 31 heavy (non-hydrogen) atoms. The Labute approximate surface area is 186 Å². The van der Waals surface area contributed by atoms with Gasteiger partial charge >= 0.3 is 0 Å². The molecule has 0 heterocycles. The molecule has 0 radical (unpaired) electrons. The van der Waals surface area contributed by atoms with Crippen LogP contribution >= 0.6 is 0 Å². The summed E-state index contributed by atoms with van der Waals surface area (Å²) in [4.78, 5) is 4.85. The molecule has 7 nitrogen and oxygen atoms in total. The number of hydrogen-bond donors (Lipinski definition) is 2. The molecule has 2 aromatic carbocycles. The van der Waals surface area contributed by atoms with Crippen LogP contribution in [-0.2, 0) is 21.3 Å². The molecule has 1 unspecified atom stereocenters. The molecule has 2 rings (SSSR count). The second-order valence-corrected chi connectivity index (χ2v) is 9.41. The summed E-state index contributed by atoms with van der Waals surface area (Å²) in [5, 5.41) is 6.48. The van der Waals surface area contributed by atoms with E-state index in [-0.39, 0.29) is 17.5 Å². The van der Waals surface area contributed by atoms with Crippen molar-refractivity contribution in [2.24, 2.45) is 4.99 Å². The minimum Gasteiger partial charge on any atom is -0.374 e. The van der Waals surface area contributed by atoms with E-state index in [1.807, 2.05) is 38.1 Å². The molecule has 0 amide bonds. The molecule has 8 heteroatoms. The Morgan fingerprint density at radius 3 is 2.42 bits per heavy atom. The zero-order valence-electron chi connectivity index (χ0n) is 18.8. The van der Waals surface area contributed by atoms with Crippen LogP contribution in [-0.4, -0.2) is 52.5 Å². The Hall–Kier alpha value is -2.42. The monoisotopic (exact) mass is 446 g/mol. The fourth-order valence-corrected chi connectivity index (χ4v) is 4.06. The van der Waals surface area contributed by atoms with Gasteiger partial charge in [0, 0.05) is 33.8 Å². The summed E-state index contributed by atoms with van der Waals surface area (Å²) in [6.07, 6.45) is 0.881. The van der Waals surface area contributed by atoms with Crippen molar-refractivity contribution in [1.29, 1.82) is 0 Å². The predicted molar refractivity (Wildman–Crippen MR) is 126 cm³/mol. The fourth-order valence-electron chi connectivity index (χ4n) is 2.95. The molecule has 2 aromatic rings. The predicted octanol–water partition coefficient (Wildman–Crippen LogP) is 3.16. The molecular formula is C23H34N4O3S. The van der Waals surface area contributed by atoms with Crippen molar-refractivity contribution in [3.05, 3.63) is 65.7 Å². The molecule has 1 atom stereocenters. The van der Waals surface area contributed by atoms with E-state index >= 15 is 0 Å². The Kier molecular flexibility index (Phi) is 9.97. The van der Waals surface area contributed by atoms with Gasteiger partial charge in [0.05, 0.1) is 17.5 Å². The van der Waals surface area contributed by atoms with E-state index in [1.165, 1.54) is 18.4 Å². The van der Waals surface area contributed by atoms with Gasteiger partial charge in [0.1, 0.15) is 0 Å². The van der Waals surface area contributed by atoms with E-state index in [0.717, 1.165) is 12.0 Å². The smallest absolute Gasteiger partial charge is 0.242 e. The number of nitrogens with zero attached hydrogens (tertiary/aromatic N) is 2. The van der Waals surface area contributed by atoms with Crippen LogP contribution in [0.2, 0.25) is 0 Å². The fraction of sp³-hybridized carbons (Fsp3) is 0.435. The number of ether oxygens (including phenoxy) is 1. The highest BCUT2D eigenvalue weighted by Gasteiger charge is 2.20. The molecular weight excluding hydrogens is 412 g/mol. The third-order valence-corrected chi connectivity index (χ3v) is 6.65. The van der Waals surface area contributed by atoms with Crippen LogP contribution in [0.3, 0.4) is 0 Å². The zero-order valence-corrected chi connectivity index (χ0v) is 19.7. The van der Waals surface area contributed by atoms with Crippen molar-refractivity contribution in [2.75, 3.05) is 33.8 Å². The van der Waals surface area contributed by atoms with Crippen molar-refractivity contribution in [3.63, 3.8) is 0 Å². The highest BCUT2D eigenvalue weighted by molar-refractivity contribution is 7.89. The van der Waals surface area contributed by atoms with E-state index in [4.69, 9.17) is 4.74 Å². The zero-order chi connectivity index (χ0) is 22.7. The Morgan fingerprint density at radius 2 is 1.74 bits per heavy atom. The number of nitrogens with one attached hydrogen (secondary N) is 2. The normalized spacial score (nSPS) is 13.3. The Morgan fingerprint density at radius 1 is 1.06 bits per heavy atom. The van der Waals surface area contributed by atoms with E-state index in [1.54, 1.807) is 18.2 Å². The van der Waals surface area contributed by atoms with E-state index in [0.29, 0.717) is 31.2 Å². The lowest BCUT2D eigenvalue weighted by Crippen LogP contribution is -2.38. The largest absolute Gasteiger partial charge is 0.374 e. The average molecular weight is 447 g/mol. The third kappa shape index (κ3) is 7.65. The summed E-state index contributed by atoms with van der Waals surface area (Å²) in [6, 6.07) is 17.1.